The van der Waals surface area contributed by atoms with Crippen LogP contribution in [-0.4, -0.2) is 42.5 Å². The molecule has 0 aromatic rings. The van der Waals surface area contributed by atoms with E-state index in [1.165, 1.54) is 13.5 Å². The minimum Gasteiger partial charge on any atom is -0.467 e. The number of nitrogens with zero attached hydrogens (tertiary/aromatic N) is 1. The first-order valence-electron chi connectivity index (χ1n) is 7.85. The number of nitrogens with one attached hydrogen (secondary N) is 1. The van der Waals surface area contributed by atoms with Crippen LogP contribution in [0.3, 0.4) is 0 Å². The number of carbonyl (C=O) groups is 2. The molecule has 0 bridgehead atoms. The third-order valence-electron chi connectivity index (χ3n) is 4.36. The van der Waals surface area contributed by atoms with Gasteiger partial charge in [0.05, 0.1) is 7.11 Å². The van der Waals surface area contributed by atoms with Crippen LogP contribution in [0.4, 0.5) is 0 Å². The van der Waals surface area contributed by atoms with E-state index in [-0.39, 0.29) is 17.8 Å². The summed E-state index contributed by atoms with van der Waals surface area (Å²) in [6.45, 7) is 4.21. The lowest BCUT2D eigenvalue weighted by Crippen LogP contribution is -2.54. The van der Waals surface area contributed by atoms with Gasteiger partial charge in [0, 0.05) is 6.54 Å². The van der Waals surface area contributed by atoms with Gasteiger partial charge >= 0.3 is 5.97 Å². The number of halogens is 1. The highest BCUT2D eigenvalue weighted by molar-refractivity contribution is 6.15. The van der Waals surface area contributed by atoms with Gasteiger partial charge in [-0.1, -0.05) is 26.2 Å². The molecule has 1 N–H and O–H groups in total. The highest BCUT2D eigenvalue weighted by Crippen LogP contribution is 2.28. The van der Waals surface area contributed by atoms with E-state index in [4.69, 9.17) is 16.5 Å². The number of hydrogen-bond acceptors (Lipinski definition) is 4. The number of likely N-dealkylation sites (N-methyl/N-ethyl adjacent to an activating group) is 1. The number of esters is 1. The summed E-state index contributed by atoms with van der Waals surface area (Å²) in [4.78, 5) is 28.9. The summed E-state index contributed by atoms with van der Waals surface area (Å²) in [7, 11) is 1.35. The van der Waals surface area contributed by atoms with Gasteiger partial charge in [0.15, 0.2) is 0 Å². The SMILES string of the molecule is CC[C@@H](C(=O)OC)N(CC)C(=O)[C@@H](NCl)C1CCCCC1. The highest BCUT2D eigenvalue weighted by Gasteiger charge is 2.36. The Morgan fingerprint density at radius 1 is 1.29 bits per heavy atom. The molecule has 1 aliphatic rings. The molecule has 1 amide bonds. The number of carbonyl (C=O) groups excluding carboxylic acids is 2. The molecule has 122 valence electrons. The van der Waals surface area contributed by atoms with Crippen LogP contribution in [0.15, 0.2) is 0 Å². The third kappa shape index (κ3) is 4.58. The van der Waals surface area contributed by atoms with Crippen molar-refractivity contribution >= 4 is 23.7 Å². The average molecular weight is 319 g/mol. The van der Waals surface area contributed by atoms with Gasteiger partial charge in [-0.2, -0.15) is 0 Å². The van der Waals surface area contributed by atoms with Crippen LogP contribution in [0.2, 0.25) is 0 Å². The fourth-order valence-corrected chi connectivity index (χ4v) is 3.44. The Morgan fingerprint density at radius 3 is 2.33 bits per heavy atom. The van der Waals surface area contributed by atoms with E-state index in [0.29, 0.717) is 13.0 Å². The predicted molar refractivity (Wildman–Crippen MR) is 82.8 cm³/mol. The van der Waals surface area contributed by atoms with Gasteiger partial charge in [-0.15, -0.1) is 0 Å². The van der Waals surface area contributed by atoms with Crippen LogP contribution in [0, 0.1) is 5.92 Å². The Balaban J connectivity index is 2.85. The van der Waals surface area contributed by atoms with Crippen molar-refractivity contribution in [2.24, 2.45) is 5.92 Å². The molecule has 1 saturated carbocycles. The number of methoxy groups -OCH3 is 1. The average Bonchev–Trinajstić information content (AvgIpc) is 2.53. The number of ether oxygens (including phenoxy) is 1. The summed E-state index contributed by atoms with van der Waals surface area (Å²) in [5.41, 5.74) is 0. The molecule has 0 aromatic carbocycles. The van der Waals surface area contributed by atoms with Crippen molar-refractivity contribution in [3.8, 4) is 0 Å². The fourth-order valence-electron chi connectivity index (χ4n) is 3.16. The van der Waals surface area contributed by atoms with Crippen molar-refractivity contribution in [3.63, 3.8) is 0 Å². The maximum Gasteiger partial charge on any atom is 0.328 e. The molecule has 0 aromatic heterocycles. The maximum absolute atomic E-state index is 12.8. The second kappa shape index (κ2) is 9.26. The van der Waals surface area contributed by atoms with Crippen LogP contribution in [0.1, 0.15) is 52.4 Å². The fraction of sp³-hybridized carbons (Fsp3) is 0.867. The van der Waals surface area contributed by atoms with Crippen molar-refractivity contribution < 1.29 is 14.3 Å². The van der Waals surface area contributed by atoms with E-state index < -0.39 is 12.1 Å². The quantitative estimate of drug-likeness (QED) is 0.579. The maximum atomic E-state index is 12.8. The Hall–Kier alpha value is -0.810. The van der Waals surface area contributed by atoms with Crippen LogP contribution in [-0.2, 0) is 14.3 Å². The second-order valence-corrected chi connectivity index (χ2v) is 5.77. The largest absolute Gasteiger partial charge is 0.467 e. The minimum atomic E-state index is -0.538. The van der Waals surface area contributed by atoms with Gasteiger partial charge in [-0.05, 0) is 43.9 Å². The van der Waals surface area contributed by atoms with Gasteiger partial charge in [-0.25, -0.2) is 9.63 Å². The van der Waals surface area contributed by atoms with Crippen molar-refractivity contribution in [2.45, 2.75) is 64.5 Å². The van der Waals surface area contributed by atoms with Gasteiger partial charge in [0.1, 0.15) is 12.1 Å². The molecule has 0 saturated heterocycles. The summed E-state index contributed by atoms with van der Waals surface area (Å²) in [6.07, 6.45) is 6.02. The Morgan fingerprint density at radius 2 is 1.90 bits per heavy atom. The highest BCUT2D eigenvalue weighted by atomic mass is 35.5. The van der Waals surface area contributed by atoms with E-state index >= 15 is 0 Å². The van der Waals surface area contributed by atoms with Gasteiger partial charge < -0.3 is 9.64 Å². The number of amides is 1. The van der Waals surface area contributed by atoms with Crippen molar-refractivity contribution in [2.75, 3.05) is 13.7 Å². The smallest absolute Gasteiger partial charge is 0.328 e. The Bertz CT molecular complexity index is 346. The molecule has 0 spiro atoms. The lowest BCUT2D eigenvalue weighted by atomic mass is 9.83. The van der Waals surface area contributed by atoms with Crippen molar-refractivity contribution in [1.82, 2.24) is 9.74 Å². The molecular formula is C15H27ClN2O3. The van der Waals surface area contributed by atoms with Crippen LogP contribution in [0.5, 0.6) is 0 Å². The lowest BCUT2D eigenvalue weighted by molar-refractivity contribution is -0.154. The standard InChI is InChI=1S/C15H27ClN2O3/c1-4-12(15(20)21-3)18(5-2)14(19)13(17-16)11-9-7-6-8-10-11/h11-13,17H,4-10H2,1-3H3/t12-,13-/m0/s1. The number of hydrogen-bond donors (Lipinski definition) is 1. The van der Waals surface area contributed by atoms with Crippen molar-refractivity contribution in [1.29, 1.82) is 0 Å². The van der Waals surface area contributed by atoms with E-state index in [0.717, 1.165) is 25.7 Å². The summed E-state index contributed by atoms with van der Waals surface area (Å²) in [6, 6.07) is -0.964. The zero-order valence-electron chi connectivity index (χ0n) is 13.2. The number of rotatable bonds is 7. The second-order valence-electron chi connectivity index (χ2n) is 5.56. The van der Waals surface area contributed by atoms with Gasteiger partial charge in [-0.3, -0.25) is 4.79 Å². The van der Waals surface area contributed by atoms with E-state index in [1.54, 1.807) is 4.90 Å². The molecular weight excluding hydrogens is 292 g/mol. The molecule has 6 heteroatoms. The zero-order valence-corrected chi connectivity index (χ0v) is 14.0. The first-order chi connectivity index (χ1) is 10.1. The Kier molecular flexibility index (Phi) is 8.04. The molecule has 1 aliphatic carbocycles. The predicted octanol–water partition coefficient (Wildman–Crippen LogP) is 2.48. The molecule has 5 nitrogen and oxygen atoms in total. The monoisotopic (exact) mass is 318 g/mol. The molecule has 1 rings (SSSR count). The third-order valence-corrected chi connectivity index (χ3v) is 4.60. The van der Waals surface area contributed by atoms with E-state index in [1.807, 2.05) is 13.8 Å². The first-order valence-corrected chi connectivity index (χ1v) is 8.22. The van der Waals surface area contributed by atoms with Gasteiger partial charge in [0.25, 0.3) is 0 Å². The summed E-state index contributed by atoms with van der Waals surface area (Å²) in [5, 5.41) is 0. The minimum absolute atomic E-state index is 0.100. The molecule has 1 fully saturated rings. The normalized spacial score (nSPS) is 18.9. The summed E-state index contributed by atoms with van der Waals surface area (Å²) in [5.74, 6) is -0.228. The van der Waals surface area contributed by atoms with Crippen LogP contribution in [0.25, 0.3) is 0 Å². The summed E-state index contributed by atoms with van der Waals surface area (Å²) < 4.78 is 4.81. The first kappa shape index (κ1) is 18.2. The topological polar surface area (TPSA) is 58.6 Å². The lowest BCUT2D eigenvalue weighted by Gasteiger charge is -2.35. The van der Waals surface area contributed by atoms with E-state index in [2.05, 4.69) is 4.84 Å². The molecule has 2 atom stereocenters. The zero-order chi connectivity index (χ0) is 15.8. The molecule has 0 aliphatic heterocycles. The van der Waals surface area contributed by atoms with Crippen LogP contribution < -0.4 is 4.84 Å². The molecule has 0 radical (unpaired) electrons. The Labute approximate surface area is 132 Å². The molecule has 0 unspecified atom stereocenters. The van der Waals surface area contributed by atoms with Crippen LogP contribution >= 0.6 is 11.8 Å². The van der Waals surface area contributed by atoms with Gasteiger partial charge in [0.2, 0.25) is 5.91 Å². The molecule has 21 heavy (non-hydrogen) atoms. The van der Waals surface area contributed by atoms with Crippen molar-refractivity contribution in [3.05, 3.63) is 0 Å². The molecule has 0 heterocycles. The summed E-state index contributed by atoms with van der Waals surface area (Å²) >= 11 is 5.84. The van der Waals surface area contributed by atoms with E-state index in [9.17, 15) is 9.59 Å².